The number of nitrogens with zero attached hydrogens (tertiary/aromatic N) is 3. The summed E-state index contributed by atoms with van der Waals surface area (Å²) in [5.41, 5.74) is 6.66. The number of hydrogen-bond acceptors (Lipinski definition) is 7. The van der Waals surface area contributed by atoms with Crippen LogP contribution in [0.4, 0.5) is 0 Å². The Balaban J connectivity index is 1.98. The van der Waals surface area contributed by atoms with E-state index in [2.05, 4.69) is 15.1 Å². The summed E-state index contributed by atoms with van der Waals surface area (Å²) in [6.07, 6.45) is 3.56. The van der Waals surface area contributed by atoms with Gasteiger partial charge in [-0.25, -0.2) is 8.42 Å². The molecular weight excluding hydrogens is 280 g/mol. The first kappa shape index (κ1) is 14.6. The molecule has 2 heterocycles. The molecule has 1 unspecified atom stereocenters. The summed E-state index contributed by atoms with van der Waals surface area (Å²) in [5, 5.41) is 3.82. The number of pyridine rings is 1. The summed E-state index contributed by atoms with van der Waals surface area (Å²) >= 11 is 0. The van der Waals surface area contributed by atoms with Crippen LogP contribution in [0.1, 0.15) is 29.9 Å². The lowest BCUT2D eigenvalue weighted by Crippen LogP contribution is -2.16. The highest BCUT2D eigenvalue weighted by Gasteiger charge is 2.17. The minimum absolute atomic E-state index is 0.00782. The highest BCUT2D eigenvalue weighted by Crippen LogP contribution is 2.13. The molecule has 2 N–H and O–H groups in total. The third-order valence-corrected chi connectivity index (χ3v) is 3.64. The van der Waals surface area contributed by atoms with E-state index in [1.54, 1.807) is 6.20 Å². The highest BCUT2D eigenvalue weighted by molar-refractivity contribution is 7.90. The van der Waals surface area contributed by atoms with Crippen molar-refractivity contribution in [1.82, 2.24) is 15.1 Å². The van der Waals surface area contributed by atoms with Crippen LogP contribution in [0.2, 0.25) is 0 Å². The first-order chi connectivity index (χ1) is 9.44. The van der Waals surface area contributed by atoms with Gasteiger partial charge >= 0.3 is 0 Å². The van der Waals surface area contributed by atoms with Crippen LogP contribution in [0.3, 0.4) is 0 Å². The number of nitrogens with two attached hydrogens (primary N) is 1. The molecule has 8 heteroatoms. The van der Waals surface area contributed by atoms with Crippen molar-refractivity contribution in [3.05, 3.63) is 41.8 Å². The van der Waals surface area contributed by atoms with Crippen molar-refractivity contribution >= 4 is 9.84 Å². The molecule has 20 heavy (non-hydrogen) atoms. The Bertz CT molecular complexity index is 654. The molecule has 0 aliphatic carbocycles. The molecule has 0 aliphatic heterocycles. The van der Waals surface area contributed by atoms with Crippen LogP contribution in [0.15, 0.2) is 28.9 Å². The molecule has 0 bridgehead atoms. The number of rotatable bonds is 6. The van der Waals surface area contributed by atoms with E-state index < -0.39 is 15.9 Å². The summed E-state index contributed by atoms with van der Waals surface area (Å²) in [7, 11) is -3.05. The lowest BCUT2D eigenvalue weighted by Gasteiger charge is -2.04. The molecular formula is C12H16N4O3S. The van der Waals surface area contributed by atoms with Crippen LogP contribution < -0.4 is 5.73 Å². The summed E-state index contributed by atoms with van der Waals surface area (Å²) in [6, 6.07) is 4.99. The zero-order valence-electron chi connectivity index (χ0n) is 11.1. The van der Waals surface area contributed by atoms with Gasteiger partial charge in [-0.1, -0.05) is 11.2 Å². The minimum Gasteiger partial charge on any atom is -0.338 e. The zero-order valence-corrected chi connectivity index (χ0v) is 11.9. The van der Waals surface area contributed by atoms with Crippen molar-refractivity contribution in [2.45, 2.75) is 18.9 Å². The number of hydrogen-bond donors (Lipinski definition) is 1. The van der Waals surface area contributed by atoms with Crippen molar-refractivity contribution < 1.29 is 12.9 Å². The second kappa shape index (κ2) is 6.10. The van der Waals surface area contributed by atoms with Gasteiger partial charge in [-0.2, -0.15) is 4.98 Å². The van der Waals surface area contributed by atoms with Gasteiger partial charge in [0.15, 0.2) is 5.82 Å². The van der Waals surface area contributed by atoms with Crippen LogP contribution in [0.25, 0.3) is 0 Å². The molecule has 108 valence electrons. The Morgan fingerprint density at radius 3 is 2.85 bits per heavy atom. The maximum atomic E-state index is 11.1. The van der Waals surface area contributed by atoms with Crippen molar-refractivity contribution in [1.29, 1.82) is 0 Å². The van der Waals surface area contributed by atoms with Gasteiger partial charge in [0.1, 0.15) is 9.84 Å². The molecule has 0 amide bonds. The largest absolute Gasteiger partial charge is 0.338 e. The van der Waals surface area contributed by atoms with Gasteiger partial charge in [0.05, 0.1) is 18.2 Å². The quantitative estimate of drug-likeness (QED) is 0.825. The molecule has 0 radical (unpaired) electrons. The number of sulfone groups is 1. The van der Waals surface area contributed by atoms with Crippen LogP contribution in [-0.2, 0) is 16.3 Å². The Morgan fingerprint density at radius 2 is 2.20 bits per heavy atom. The summed E-state index contributed by atoms with van der Waals surface area (Å²) in [6.45, 7) is 0. The molecule has 0 saturated carbocycles. The molecule has 0 aromatic carbocycles. The van der Waals surface area contributed by atoms with E-state index >= 15 is 0 Å². The lowest BCUT2D eigenvalue weighted by molar-refractivity contribution is 0.349. The van der Waals surface area contributed by atoms with E-state index in [0.29, 0.717) is 12.2 Å². The fourth-order valence-electron chi connectivity index (χ4n) is 1.62. The van der Waals surface area contributed by atoms with Crippen LogP contribution >= 0.6 is 0 Å². The van der Waals surface area contributed by atoms with Gasteiger partial charge in [-0.15, -0.1) is 0 Å². The first-order valence-corrected chi connectivity index (χ1v) is 8.16. The van der Waals surface area contributed by atoms with Crippen LogP contribution in [0.5, 0.6) is 0 Å². The molecule has 0 aliphatic rings. The van der Waals surface area contributed by atoms with Gasteiger partial charge in [0.25, 0.3) is 0 Å². The Hall–Kier alpha value is -1.80. The molecule has 2 rings (SSSR count). The van der Waals surface area contributed by atoms with E-state index in [9.17, 15) is 8.42 Å². The summed E-state index contributed by atoms with van der Waals surface area (Å²) in [4.78, 5) is 8.33. The lowest BCUT2D eigenvalue weighted by atomic mass is 10.2. The van der Waals surface area contributed by atoms with Crippen molar-refractivity contribution in [3.63, 3.8) is 0 Å². The topological polar surface area (TPSA) is 112 Å². The standard InChI is InChI=1S/C12H16N4O3S/c1-20(17,18)7-5-10(13)12-15-11(16-19-12)8-9-4-2-3-6-14-9/h2-4,6,10H,5,7-8,13H2,1H3. The molecule has 1 atom stereocenters. The molecule has 7 nitrogen and oxygen atoms in total. The summed E-state index contributed by atoms with van der Waals surface area (Å²) in [5.74, 6) is 0.722. The van der Waals surface area contributed by atoms with Gasteiger partial charge in [-0.3, -0.25) is 4.98 Å². The van der Waals surface area contributed by atoms with Crippen molar-refractivity contribution in [2.75, 3.05) is 12.0 Å². The number of aromatic nitrogens is 3. The maximum absolute atomic E-state index is 11.1. The third-order valence-electron chi connectivity index (χ3n) is 2.67. The molecule has 0 spiro atoms. The fraction of sp³-hybridized carbons (Fsp3) is 0.417. The van der Waals surface area contributed by atoms with Crippen molar-refractivity contribution in [2.24, 2.45) is 5.73 Å². The molecule has 0 saturated heterocycles. The average molecular weight is 296 g/mol. The second-order valence-corrected chi connectivity index (χ2v) is 6.83. The smallest absolute Gasteiger partial charge is 0.243 e. The predicted molar refractivity (Wildman–Crippen MR) is 72.6 cm³/mol. The maximum Gasteiger partial charge on any atom is 0.243 e. The van der Waals surface area contributed by atoms with Crippen molar-refractivity contribution in [3.8, 4) is 0 Å². The molecule has 2 aromatic heterocycles. The average Bonchev–Trinajstić information content (AvgIpc) is 2.85. The van der Waals surface area contributed by atoms with Gasteiger partial charge < -0.3 is 10.3 Å². The normalized spacial score (nSPS) is 13.3. The van der Waals surface area contributed by atoms with E-state index in [4.69, 9.17) is 10.3 Å². The van der Waals surface area contributed by atoms with Gasteiger partial charge in [-0.05, 0) is 18.6 Å². The first-order valence-electron chi connectivity index (χ1n) is 6.10. The summed E-state index contributed by atoms with van der Waals surface area (Å²) < 4.78 is 27.2. The fourth-order valence-corrected chi connectivity index (χ4v) is 2.30. The Morgan fingerprint density at radius 1 is 1.40 bits per heavy atom. The second-order valence-electron chi connectivity index (χ2n) is 4.57. The van der Waals surface area contributed by atoms with Gasteiger partial charge in [0, 0.05) is 18.1 Å². The van der Waals surface area contributed by atoms with Crippen LogP contribution in [-0.4, -0.2) is 35.6 Å². The highest BCUT2D eigenvalue weighted by atomic mass is 32.2. The zero-order chi connectivity index (χ0) is 14.6. The third kappa shape index (κ3) is 4.39. The molecule has 0 fully saturated rings. The minimum atomic E-state index is -3.05. The Labute approximate surface area is 117 Å². The van der Waals surface area contributed by atoms with Crippen LogP contribution in [0, 0.1) is 0 Å². The monoisotopic (exact) mass is 296 g/mol. The van der Waals surface area contributed by atoms with E-state index in [1.165, 1.54) is 6.26 Å². The Kier molecular flexibility index (Phi) is 4.46. The molecule has 2 aromatic rings. The van der Waals surface area contributed by atoms with E-state index in [1.807, 2.05) is 18.2 Å². The van der Waals surface area contributed by atoms with Gasteiger partial charge in [0.2, 0.25) is 5.89 Å². The SMILES string of the molecule is CS(=O)(=O)CCC(N)c1nc(Cc2ccccn2)no1. The van der Waals surface area contributed by atoms with E-state index in [0.717, 1.165) is 5.69 Å². The predicted octanol–water partition coefficient (Wildman–Crippen LogP) is 0.490. The van der Waals surface area contributed by atoms with E-state index in [-0.39, 0.29) is 18.1 Å².